The van der Waals surface area contributed by atoms with Crippen LogP contribution in [0.4, 0.5) is 4.79 Å². The Labute approximate surface area is 148 Å². The second kappa shape index (κ2) is 6.98. The normalized spacial score (nSPS) is 16.0. The third kappa shape index (κ3) is 3.51. The van der Waals surface area contributed by atoms with Crippen molar-refractivity contribution in [1.82, 2.24) is 4.90 Å². The van der Waals surface area contributed by atoms with Gasteiger partial charge >= 0.3 is 5.97 Å². The van der Waals surface area contributed by atoms with Crippen LogP contribution in [0, 0.1) is 0 Å². The molecule has 6 nitrogen and oxygen atoms in total. The molecule has 0 unspecified atom stereocenters. The molecule has 7 heteroatoms. The Balaban J connectivity index is 1.85. The van der Waals surface area contributed by atoms with E-state index in [0.29, 0.717) is 35.0 Å². The second-order valence-electron chi connectivity index (χ2n) is 5.42. The van der Waals surface area contributed by atoms with Gasteiger partial charge in [0.25, 0.3) is 11.1 Å². The first kappa shape index (κ1) is 17.0. The highest BCUT2D eigenvalue weighted by Crippen LogP contribution is 2.33. The lowest BCUT2D eigenvalue weighted by Crippen LogP contribution is -2.28. The third-order valence-electron chi connectivity index (χ3n) is 3.61. The number of benzene rings is 1. The Hall–Kier alpha value is -2.80. The van der Waals surface area contributed by atoms with Crippen molar-refractivity contribution >= 4 is 35.0 Å². The molecule has 0 bridgehead atoms. The first-order chi connectivity index (χ1) is 12.0. The minimum absolute atomic E-state index is 0.163. The molecule has 1 fully saturated rings. The van der Waals surface area contributed by atoms with Gasteiger partial charge in [0, 0.05) is 18.2 Å². The van der Waals surface area contributed by atoms with E-state index in [1.807, 2.05) is 6.92 Å². The quantitative estimate of drug-likeness (QED) is 0.811. The lowest BCUT2D eigenvalue weighted by molar-refractivity contribution is -0.122. The van der Waals surface area contributed by atoms with Crippen LogP contribution in [0.1, 0.15) is 29.5 Å². The molecule has 2 heterocycles. The van der Waals surface area contributed by atoms with E-state index in [2.05, 4.69) is 0 Å². The fourth-order valence-electron chi connectivity index (χ4n) is 2.44. The fraction of sp³-hybridized carbons (Fsp3) is 0.167. The lowest BCUT2D eigenvalue weighted by Gasteiger charge is -2.09. The van der Waals surface area contributed by atoms with Crippen LogP contribution < -0.4 is 0 Å². The number of amides is 2. The van der Waals surface area contributed by atoms with Gasteiger partial charge in [-0.15, -0.1) is 0 Å². The number of nitrogens with zero attached hydrogens (tertiary/aromatic N) is 1. The van der Waals surface area contributed by atoms with Crippen LogP contribution in [0.15, 0.2) is 45.7 Å². The van der Waals surface area contributed by atoms with Gasteiger partial charge in [-0.05, 0) is 42.4 Å². The largest absolute Gasteiger partial charge is 0.478 e. The smallest absolute Gasteiger partial charge is 0.335 e. The summed E-state index contributed by atoms with van der Waals surface area (Å²) in [6.07, 6.45) is 2.24. The lowest BCUT2D eigenvalue weighted by atomic mass is 10.1. The van der Waals surface area contributed by atoms with Crippen molar-refractivity contribution in [2.75, 3.05) is 6.54 Å². The van der Waals surface area contributed by atoms with E-state index in [-0.39, 0.29) is 16.7 Å². The second-order valence-corrected chi connectivity index (χ2v) is 6.41. The van der Waals surface area contributed by atoms with Gasteiger partial charge in [0.1, 0.15) is 11.5 Å². The van der Waals surface area contributed by atoms with Crippen LogP contribution in [0.5, 0.6) is 0 Å². The molecule has 25 heavy (non-hydrogen) atoms. The molecule has 3 rings (SSSR count). The first-order valence-corrected chi connectivity index (χ1v) is 8.50. The van der Waals surface area contributed by atoms with Crippen LogP contribution in [-0.2, 0) is 4.79 Å². The number of rotatable bonds is 5. The van der Waals surface area contributed by atoms with Crippen LogP contribution in [0.25, 0.3) is 17.4 Å². The van der Waals surface area contributed by atoms with Gasteiger partial charge in [-0.1, -0.05) is 19.1 Å². The molecule has 1 saturated heterocycles. The summed E-state index contributed by atoms with van der Waals surface area (Å²) in [6, 6.07) is 9.76. The molecule has 0 atom stereocenters. The number of aromatic carboxylic acids is 1. The number of imide groups is 1. The minimum Gasteiger partial charge on any atom is -0.478 e. The summed E-state index contributed by atoms with van der Waals surface area (Å²) in [7, 11) is 0. The molecule has 0 aliphatic carbocycles. The number of hydrogen-bond acceptors (Lipinski definition) is 5. The van der Waals surface area contributed by atoms with Crippen molar-refractivity contribution in [3.8, 4) is 11.3 Å². The van der Waals surface area contributed by atoms with E-state index in [0.717, 1.165) is 11.8 Å². The SMILES string of the molecule is CCCN1C(=O)S/C(=C\c2ccc(-c3cccc(C(=O)O)c3)o2)C1=O. The van der Waals surface area contributed by atoms with Crippen LogP contribution in [-0.4, -0.2) is 33.7 Å². The van der Waals surface area contributed by atoms with Crippen LogP contribution in [0.2, 0.25) is 0 Å². The maximum absolute atomic E-state index is 12.2. The highest BCUT2D eigenvalue weighted by atomic mass is 32.2. The van der Waals surface area contributed by atoms with Crippen molar-refractivity contribution in [3.63, 3.8) is 0 Å². The van der Waals surface area contributed by atoms with Gasteiger partial charge in [0.15, 0.2) is 0 Å². The van der Waals surface area contributed by atoms with Gasteiger partial charge in [0.2, 0.25) is 0 Å². The Kier molecular flexibility index (Phi) is 4.76. The summed E-state index contributed by atoms with van der Waals surface area (Å²) >= 11 is 0.889. The number of thioether (sulfide) groups is 1. The number of carboxylic acid groups (broad SMARTS) is 1. The molecule has 0 radical (unpaired) electrons. The highest BCUT2D eigenvalue weighted by molar-refractivity contribution is 8.18. The third-order valence-corrected chi connectivity index (χ3v) is 4.52. The zero-order valence-corrected chi connectivity index (χ0v) is 14.2. The summed E-state index contributed by atoms with van der Waals surface area (Å²) in [5.74, 6) is -0.416. The molecule has 2 aromatic rings. The topological polar surface area (TPSA) is 87.8 Å². The summed E-state index contributed by atoms with van der Waals surface area (Å²) in [5.41, 5.74) is 0.787. The van der Waals surface area contributed by atoms with E-state index in [9.17, 15) is 14.4 Å². The van der Waals surface area contributed by atoms with Gasteiger partial charge in [0.05, 0.1) is 10.5 Å². The van der Waals surface area contributed by atoms with E-state index >= 15 is 0 Å². The van der Waals surface area contributed by atoms with E-state index in [1.54, 1.807) is 24.3 Å². The Morgan fingerprint density at radius 1 is 1.28 bits per heavy atom. The van der Waals surface area contributed by atoms with E-state index in [1.165, 1.54) is 23.1 Å². The summed E-state index contributed by atoms with van der Waals surface area (Å²) in [5, 5.41) is 8.78. The molecule has 0 saturated carbocycles. The molecule has 1 aliphatic rings. The Bertz CT molecular complexity index is 883. The van der Waals surface area contributed by atoms with Crippen molar-refractivity contribution in [1.29, 1.82) is 0 Å². The average molecular weight is 357 g/mol. The highest BCUT2D eigenvalue weighted by Gasteiger charge is 2.34. The monoisotopic (exact) mass is 357 g/mol. The zero-order chi connectivity index (χ0) is 18.0. The number of carboxylic acids is 1. The van der Waals surface area contributed by atoms with Crippen LogP contribution in [0.3, 0.4) is 0 Å². The number of carbonyl (C=O) groups is 3. The first-order valence-electron chi connectivity index (χ1n) is 7.68. The van der Waals surface area contributed by atoms with Gasteiger partial charge in [-0.2, -0.15) is 0 Å². The van der Waals surface area contributed by atoms with Crippen molar-refractivity contribution in [2.45, 2.75) is 13.3 Å². The minimum atomic E-state index is -1.02. The molecule has 0 spiro atoms. The average Bonchev–Trinajstić information content (AvgIpc) is 3.16. The Morgan fingerprint density at radius 2 is 2.08 bits per heavy atom. The van der Waals surface area contributed by atoms with E-state index < -0.39 is 5.97 Å². The molecule has 1 aromatic heterocycles. The number of carbonyl (C=O) groups excluding carboxylic acids is 2. The van der Waals surface area contributed by atoms with Crippen molar-refractivity contribution in [3.05, 3.63) is 52.6 Å². The molecule has 1 aromatic carbocycles. The molecule has 1 aliphatic heterocycles. The molecule has 1 N–H and O–H groups in total. The number of hydrogen-bond donors (Lipinski definition) is 1. The fourth-order valence-corrected chi connectivity index (χ4v) is 3.28. The predicted octanol–water partition coefficient (Wildman–Crippen LogP) is 4.09. The van der Waals surface area contributed by atoms with E-state index in [4.69, 9.17) is 9.52 Å². The maximum Gasteiger partial charge on any atom is 0.335 e. The number of furan rings is 1. The standard InChI is InChI=1S/C18H15NO5S/c1-2-8-19-16(20)15(25-18(19)23)10-13-6-7-14(24-13)11-4-3-5-12(9-11)17(21)22/h3-7,9-10H,2,8H2,1H3,(H,21,22)/b15-10-. The van der Waals surface area contributed by atoms with Gasteiger partial charge < -0.3 is 9.52 Å². The maximum atomic E-state index is 12.2. The predicted molar refractivity (Wildman–Crippen MR) is 94.1 cm³/mol. The van der Waals surface area contributed by atoms with Crippen LogP contribution >= 0.6 is 11.8 Å². The summed E-state index contributed by atoms with van der Waals surface area (Å²) < 4.78 is 5.68. The molecule has 2 amide bonds. The zero-order valence-electron chi connectivity index (χ0n) is 13.4. The van der Waals surface area contributed by atoms with Gasteiger partial charge in [-0.3, -0.25) is 14.5 Å². The van der Waals surface area contributed by atoms with Gasteiger partial charge in [-0.25, -0.2) is 4.79 Å². The molecular formula is C18H15NO5S. The Morgan fingerprint density at radius 3 is 2.80 bits per heavy atom. The summed E-state index contributed by atoms with van der Waals surface area (Å²) in [6.45, 7) is 2.30. The summed E-state index contributed by atoms with van der Waals surface area (Å²) in [4.78, 5) is 36.7. The molecular weight excluding hydrogens is 342 g/mol. The molecule has 128 valence electrons. The van der Waals surface area contributed by atoms with Crippen molar-refractivity contribution < 1.29 is 23.9 Å². The van der Waals surface area contributed by atoms with Crippen molar-refractivity contribution in [2.24, 2.45) is 0 Å².